The summed E-state index contributed by atoms with van der Waals surface area (Å²) in [5.74, 6) is 0.797. The van der Waals surface area contributed by atoms with Gasteiger partial charge in [0.2, 0.25) is 0 Å². The van der Waals surface area contributed by atoms with Gasteiger partial charge in [-0.1, -0.05) is 6.92 Å². The molecule has 3 rings (SSSR count). The number of piperidine rings is 1. The molecule has 1 aromatic heterocycles. The first kappa shape index (κ1) is 18.9. The minimum absolute atomic E-state index is 0.166. The molecule has 1 saturated heterocycles. The lowest BCUT2D eigenvalue weighted by atomic mass is 10.0. The van der Waals surface area contributed by atoms with E-state index in [-0.39, 0.29) is 16.7 Å². The number of hydrogen-bond donors (Lipinski definition) is 4. The zero-order chi connectivity index (χ0) is 17.2. The molecular weight excluding hydrogens is 294 g/mol. The second-order valence-electron chi connectivity index (χ2n) is 5.35. The molecule has 1 fully saturated rings. The number of aromatic hydroxyl groups is 1. The van der Waals surface area contributed by atoms with Crippen LogP contribution in [0.5, 0.6) is 5.75 Å². The van der Waals surface area contributed by atoms with Crippen molar-refractivity contribution < 1.29 is 9.90 Å². The summed E-state index contributed by atoms with van der Waals surface area (Å²) in [5.41, 5.74) is 5.02. The zero-order valence-electron chi connectivity index (χ0n) is 13.6. The van der Waals surface area contributed by atoms with Gasteiger partial charge in [-0.05, 0) is 51.0 Å². The Kier molecular flexibility index (Phi) is 8.01. The van der Waals surface area contributed by atoms with E-state index in [1.54, 1.807) is 0 Å². The predicted octanol–water partition coefficient (Wildman–Crippen LogP) is 1.63. The monoisotopic (exact) mass is 319 g/mol. The molecule has 0 saturated carbocycles. The Morgan fingerprint density at radius 1 is 1.26 bits per heavy atom. The maximum atomic E-state index is 11.3. The zero-order valence-corrected chi connectivity index (χ0v) is 13.6. The lowest BCUT2D eigenvalue weighted by Crippen LogP contribution is -2.26. The molecule has 6 nitrogen and oxygen atoms in total. The number of carbonyl (C=O) groups excluding carboxylic acids is 1. The normalized spacial score (nSPS) is 14.2. The van der Waals surface area contributed by atoms with Gasteiger partial charge in [0.15, 0.2) is 11.7 Å². The first-order valence-electron chi connectivity index (χ1n) is 7.70. The number of aromatic amines is 1. The Morgan fingerprint density at radius 2 is 1.91 bits per heavy atom. The van der Waals surface area contributed by atoms with E-state index in [1.807, 2.05) is 0 Å². The van der Waals surface area contributed by atoms with Gasteiger partial charge >= 0.3 is 0 Å². The highest BCUT2D eigenvalue weighted by Crippen LogP contribution is 2.19. The van der Waals surface area contributed by atoms with Crippen molar-refractivity contribution >= 4 is 17.2 Å². The number of rotatable bonds is 1. The Hall–Kier alpha value is -2.18. The number of carbonyl (C=O) groups is 1. The molecule has 5 N–H and O–H groups in total. The Bertz CT molecular complexity index is 676. The summed E-state index contributed by atoms with van der Waals surface area (Å²) in [4.78, 5) is 24.6. The summed E-state index contributed by atoms with van der Waals surface area (Å²) in [5, 5.41) is 13.0. The van der Waals surface area contributed by atoms with Crippen LogP contribution in [0.15, 0.2) is 29.2 Å². The van der Waals surface area contributed by atoms with Crippen molar-refractivity contribution in [2.75, 3.05) is 20.1 Å². The molecule has 0 atom stereocenters. The SMILES string of the molecule is CC1CCNCC1.CN.O=Cc1cc2[nH]ccc(=O)c2cc1O. The van der Waals surface area contributed by atoms with E-state index in [1.165, 1.54) is 57.4 Å². The van der Waals surface area contributed by atoms with Crippen LogP contribution in [0.25, 0.3) is 10.9 Å². The maximum absolute atomic E-state index is 11.3. The highest BCUT2D eigenvalue weighted by atomic mass is 16.3. The summed E-state index contributed by atoms with van der Waals surface area (Å²) in [6.07, 6.45) is 4.79. The van der Waals surface area contributed by atoms with Crippen LogP contribution in [-0.2, 0) is 0 Å². The number of nitrogens with one attached hydrogen (secondary N) is 2. The summed E-state index contributed by atoms with van der Waals surface area (Å²) in [7, 11) is 1.50. The van der Waals surface area contributed by atoms with E-state index in [2.05, 4.69) is 23.0 Å². The molecule has 1 aliphatic rings. The van der Waals surface area contributed by atoms with Crippen LogP contribution in [0, 0.1) is 5.92 Å². The number of phenolic OH excluding ortho intramolecular Hbond substituents is 1. The second kappa shape index (κ2) is 9.76. The van der Waals surface area contributed by atoms with E-state index in [0.717, 1.165) is 5.92 Å². The van der Waals surface area contributed by atoms with Crippen molar-refractivity contribution in [1.29, 1.82) is 0 Å². The summed E-state index contributed by atoms with van der Waals surface area (Å²) >= 11 is 0. The number of pyridine rings is 1. The molecule has 1 aliphatic heterocycles. The van der Waals surface area contributed by atoms with Crippen molar-refractivity contribution in [2.24, 2.45) is 11.7 Å². The first-order valence-corrected chi connectivity index (χ1v) is 7.70. The van der Waals surface area contributed by atoms with Gasteiger partial charge in [0, 0.05) is 17.6 Å². The molecule has 6 heteroatoms. The van der Waals surface area contributed by atoms with Crippen LogP contribution in [0.2, 0.25) is 0 Å². The molecule has 23 heavy (non-hydrogen) atoms. The predicted molar refractivity (Wildman–Crippen MR) is 93.0 cm³/mol. The number of phenols is 1. The molecule has 126 valence electrons. The maximum Gasteiger partial charge on any atom is 0.189 e. The van der Waals surface area contributed by atoms with Crippen LogP contribution in [0.4, 0.5) is 0 Å². The molecule has 0 radical (unpaired) electrons. The van der Waals surface area contributed by atoms with Crippen LogP contribution >= 0.6 is 0 Å². The fourth-order valence-corrected chi connectivity index (χ4v) is 2.29. The molecule has 2 aromatic rings. The minimum Gasteiger partial charge on any atom is -0.507 e. The lowest BCUT2D eigenvalue weighted by Gasteiger charge is -2.17. The number of fused-ring (bicyclic) bond motifs is 1. The average molecular weight is 319 g/mol. The van der Waals surface area contributed by atoms with Gasteiger partial charge in [-0.25, -0.2) is 0 Å². The fraction of sp³-hybridized carbons (Fsp3) is 0.412. The largest absolute Gasteiger partial charge is 0.507 e. The molecular formula is C17H25N3O3. The molecule has 2 heterocycles. The van der Waals surface area contributed by atoms with Crippen molar-refractivity contribution in [1.82, 2.24) is 10.3 Å². The number of aromatic nitrogens is 1. The van der Waals surface area contributed by atoms with Gasteiger partial charge in [-0.3, -0.25) is 9.59 Å². The van der Waals surface area contributed by atoms with Gasteiger partial charge in [0.05, 0.1) is 11.1 Å². The minimum atomic E-state index is -0.188. The third-order valence-electron chi connectivity index (χ3n) is 3.66. The van der Waals surface area contributed by atoms with Gasteiger partial charge in [0.25, 0.3) is 0 Å². The van der Waals surface area contributed by atoms with E-state index in [9.17, 15) is 14.7 Å². The molecule has 0 unspecified atom stereocenters. The van der Waals surface area contributed by atoms with Crippen molar-refractivity contribution in [3.8, 4) is 5.75 Å². The molecule has 0 aliphatic carbocycles. The van der Waals surface area contributed by atoms with E-state index >= 15 is 0 Å². The smallest absolute Gasteiger partial charge is 0.189 e. The van der Waals surface area contributed by atoms with Gasteiger partial charge < -0.3 is 21.1 Å². The summed E-state index contributed by atoms with van der Waals surface area (Å²) in [6.45, 7) is 4.79. The second-order valence-corrected chi connectivity index (χ2v) is 5.35. The highest BCUT2D eigenvalue weighted by Gasteiger charge is 2.05. The van der Waals surface area contributed by atoms with Crippen LogP contribution in [-0.4, -0.2) is 36.5 Å². The van der Waals surface area contributed by atoms with E-state index < -0.39 is 0 Å². The quantitative estimate of drug-likeness (QED) is 0.597. The summed E-state index contributed by atoms with van der Waals surface area (Å²) in [6, 6.07) is 4.10. The molecule has 1 aromatic carbocycles. The van der Waals surface area contributed by atoms with Crippen molar-refractivity contribution in [2.45, 2.75) is 19.8 Å². The number of hydrogen-bond acceptors (Lipinski definition) is 5. The third kappa shape index (κ3) is 5.50. The lowest BCUT2D eigenvalue weighted by molar-refractivity contribution is 0.112. The van der Waals surface area contributed by atoms with Crippen molar-refractivity contribution in [3.05, 3.63) is 40.2 Å². The third-order valence-corrected chi connectivity index (χ3v) is 3.66. The average Bonchev–Trinajstić information content (AvgIpc) is 2.58. The molecule has 0 spiro atoms. The summed E-state index contributed by atoms with van der Waals surface area (Å²) < 4.78 is 0. The first-order chi connectivity index (χ1) is 11.1. The van der Waals surface area contributed by atoms with Gasteiger partial charge in [-0.15, -0.1) is 0 Å². The molecule has 0 amide bonds. The standard InChI is InChI=1S/C10H7NO3.C6H13N.CH5N/c12-5-6-3-8-7(4-10(6)14)9(13)1-2-11-8;1-6-2-4-7-5-3-6;1-2/h1-5,14H,(H,11,13);6-7H,2-5H2,1H3;2H2,1H3. The van der Waals surface area contributed by atoms with Crippen LogP contribution < -0.4 is 16.5 Å². The highest BCUT2D eigenvalue weighted by molar-refractivity contribution is 5.89. The van der Waals surface area contributed by atoms with Crippen molar-refractivity contribution in [3.63, 3.8) is 0 Å². The van der Waals surface area contributed by atoms with E-state index in [0.29, 0.717) is 17.2 Å². The number of H-pyrrole nitrogens is 1. The Morgan fingerprint density at radius 3 is 2.43 bits per heavy atom. The number of aldehydes is 1. The number of nitrogens with two attached hydrogens (primary N) is 1. The number of benzene rings is 1. The Labute approximate surface area is 135 Å². The topological polar surface area (TPSA) is 108 Å². The van der Waals surface area contributed by atoms with Gasteiger partial charge in [-0.2, -0.15) is 0 Å². The van der Waals surface area contributed by atoms with E-state index in [4.69, 9.17) is 0 Å². The fourth-order valence-electron chi connectivity index (χ4n) is 2.29. The van der Waals surface area contributed by atoms with Crippen LogP contribution in [0.1, 0.15) is 30.1 Å². The van der Waals surface area contributed by atoms with Gasteiger partial charge in [0.1, 0.15) is 5.75 Å². The Balaban J connectivity index is 0.000000247. The molecule has 0 bridgehead atoms. The van der Waals surface area contributed by atoms with Crippen LogP contribution in [0.3, 0.4) is 0 Å².